The second-order valence-corrected chi connectivity index (χ2v) is 6.87. The molecule has 1 N–H and O–H groups in total. The minimum Gasteiger partial charge on any atom is -0.508 e. The van der Waals surface area contributed by atoms with Crippen molar-refractivity contribution in [3.8, 4) is 23.0 Å². The van der Waals surface area contributed by atoms with Crippen molar-refractivity contribution in [1.29, 1.82) is 0 Å². The van der Waals surface area contributed by atoms with Gasteiger partial charge in [0, 0.05) is 6.07 Å². The normalized spacial score (nSPS) is 10.9. The van der Waals surface area contributed by atoms with E-state index in [-0.39, 0.29) is 23.0 Å². The number of esters is 1. The van der Waals surface area contributed by atoms with Gasteiger partial charge in [0.2, 0.25) is 0 Å². The summed E-state index contributed by atoms with van der Waals surface area (Å²) in [5.74, 6) is 0.862. The summed E-state index contributed by atoms with van der Waals surface area (Å²) in [7, 11) is 0. The third-order valence-electron chi connectivity index (χ3n) is 3.31. The molecule has 0 unspecified atom stereocenters. The maximum Gasteiger partial charge on any atom is 0.338 e. The second kappa shape index (κ2) is 8.32. The fraction of sp³-hybridized carbons (Fsp3) is 0.350. The second-order valence-electron chi connectivity index (χ2n) is 6.46. The van der Waals surface area contributed by atoms with Gasteiger partial charge < -0.3 is 19.3 Å². The van der Waals surface area contributed by atoms with Crippen LogP contribution in [0.2, 0.25) is 5.02 Å². The molecule has 0 aromatic heterocycles. The van der Waals surface area contributed by atoms with Crippen LogP contribution < -0.4 is 9.47 Å². The molecule has 0 bridgehead atoms. The van der Waals surface area contributed by atoms with E-state index >= 15 is 0 Å². The predicted molar refractivity (Wildman–Crippen MR) is 101 cm³/mol. The molecule has 0 aliphatic heterocycles. The van der Waals surface area contributed by atoms with Gasteiger partial charge in [-0.3, -0.25) is 0 Å². The van der Waals surface area contributed by atoms with E-state index in [9.17, 15) is 9.90 Å². The molecule has 0 radical (unpaired) electrons. The van der Waals surface area contributed by atoms with E-state index in [2.05, 4.69) is 0 Å². The monoisotopic (exact) mass is 378 g/mol. The van der Waals surface area contributed by atoms with Crippen molar-refractivity contribution in [3.05, 3.63) is 46.5 Å². The van der Waals surface area contributed by atoms with Crippen LogP contribution in [0, 0.1) is 6.92 Å². The van der Waals surface area contributed by atoms with Gasteiger partial charge in [-0.1, -0.05) is 11.6 Å². The SMILES string of the molecule is Cc1cc(C(=O)OC(C)C)cc(OC(C)C)c1Oc1ccc(O)cc1Cl. The fourth-order valence-corrected chi connectivity index (χ4v) is 2.51. The Morgan fingerprint density at radius 2 is 1.73 bits per heavy atom. The van der Waals surface area contributed by atoms with Crippen LogP contribution in [0.1, 0.15) is 43.6 Å². The molecule has 0 aliphatic rings. The zero-order valence-corrected chi connectivity index (χ0v) is 16.3. The topological polar surface area (TPSA) is 65.0 Å². The van der Waals surface area contributed by atoms with Crippen LogP contribution in [0.5, 0.6) is 23.0 Å². The van der Waals surface area contributed by atoms with Crippen LogP contribution in [0.25, 0.3) is 0 Å². The summed E-state index contributed by atoms with van der Waals surface area (Å²) in [5.41, 5.74) is 1.08. The minimum absolute atomic E-state index is 0.0458. The molecule has 0 heterocycles. The van der Waals surface area contributed by atoms with Crippen LogP contribution >= 0.6 is 11.6 Å². The molecule has 0 saturated carbocycles. The lowest BCUT2D eigenvalue weighted by molar-refractivity contribution is 0.0377. The van der Waals surface area contributed by atoms with E-state index in [0.29, 0.717) is 28.4 Å². The van der Waals surface area contributed by atoms with E-state index in [4.69, 9.17) is 25.8 Å². The first kappa shape index (κ1) is 19.9. The van der Waals surface area contributed by atoms with Crippen LogP contribution in [0.4, 0.5) is 0 Å². The molecule has 0 fully saturated rings. The maximum atomic E-state index is 12.2. The Labute approximate surface area is 158 Å². The van der Waals surface area contributed by atoms with Gasteiger partial charge in [-0.05, 0) is 64.4 Å². The van der Waals surface area contributed by atoms with Gasteiger partial charge in [-0.25, -0.2) is 4.79 Å². The summed E-state index contributed by atoms with van der Waals surface area (Å²) in [5, 5.41) is 9.75. The van der Waals surface area contributed by atoms with E-state index in [1.54, 1.807) is 32.0 Å². The molecule has 5 nitrogen and oxygen atoms in total. The summed E-state index contributed by atoms with van der Waals surface area (Å²) < 4.78 is 17.0. The molecule has 0 saturated heterocycles. The number of hydrogen-bond acceptors (Lipinski definition) is 5. The van der Waals surface area contributed by atoms with Gasteiger partial charge in [0.15, 0.2) is 11.5 Å². The molecular weight excluding hydrogens is 356 g/mol. The molecule has 2 rings (SSSR count). The van der Waals surface area contributed by atoms with E-state index in [0.717, 1.165) is 0 Å². The average molecular weight is 379 g/mol. The maximum absolute atomic E-state index is 12.2. The lowest BCUT2D eigenvalue weighted by Gasteiger charge is -2.19. The number of carbonyl (C=O) groups is 1. The fourth-order valence-electron chi connectivity index (χ4n) is 2.30. The predicted octanol–water partition coefficient (Wildman–Crippen LogP) is 5.50. The lowest BCUT2D eigenvalue weighted by atomic mass is 10.1. The van der Waals surface area contributed by atoms with Crippen molar-refractivity contribution in [2.24, 2.45) is 0 Å². The third-order valence-corrected chi connectivity index (χ3v) is 3.60. The number of carbonyl (C=O) groups excluding carboxylic acids is 1. The highest BCUT2D eigenvalue weighted by Gasteiger charge is 2.19. The van der Waals surface area contributed by atoms with Crippen LogP contribution in [-0.4, -0.2) is 23.3 Å². The van der Waals surface area contributed by atoms with Crippen LogP contribution in [0.3, 0.4) is 0 Å². The summed E-state index contributed by atoms with van der Waals surface area (Å²) in [6.07, 6.45) is -0.340. The van der Waals surface area contributed by atoms with E-state index < -0.39 is 5.97 Å². The molecule has 140 valence electrons. The Balaban J connectivity index is 2.45. The number of benzene rings is 2. The number of rotatable bonds is 6. The van der Waals surface area contributed by atoms with E-state index in [1.807, 2.05) is 20.8 Å². The Bertz CT molecular complexity index is 799. The quantitative estimate of drug-likeness (QED) is 0.672. The highest BCUT2D eigenvalue weighted by atomic mass is 35.5. The van der Waals surface area contributed by atoms with Crippen molar-refractivity contribution in [2.45, 2.75) is 46.8 Å². The molecule has 2 aromatic carbocycles. The number of ether oxygens (including phenoxy) is 3. The van der Waals surface area contributed by atoms with E-state index in [1.165, 1.54) is 12.1 Å². The molecule has 0 atom stereocenters. The van der Waals surface area contributed by atoms with Crippen molar-refractivity contribution < 1.29 is 24.1 Å². The van der Waals surface area contributed by atoms with Crippen LogP contribution in [-0.2, 0) is 4.74 Å². The van der Waals surface area contributed by atoms with Crippen molar-refractivity contribution in [2.75, 3.05) is 0 Å². The smallest absolute Gasteiger partial charge is 0.338 e. The first-order valence-electron chi connectivity index (χ1n) is 8.36. The van der Waals surface area contributed by atoms with Gasteiger partial charge in [0.25, 0.3) is 0 Å². The minimum atomic E-state index is -0.425. The zero-order chi connectivity index (χ0) is 19.4. The lowest BCUT2D eigenvalue weighted by Crippen LogP contribution is -2.13. The Morgan fingerprint density at radius 1 is 1.04 bits per heavy atom. The molecular formula is C20H23ClO5. The van der Waals surface area contributed by atoms with Crippen molar-refractivity contribution >= 4 is 17.6 Å². The van der Waals surface area contributed by atoms with Gasteiger partial charge in [0.05, 0.1) is 22.8 Å². The highest BCUT2D eigenvalue weighted by molar-refractivity contribution is 6.32. The number of phenolic OH excluding ortho intramolecular Hbond substituents is 1. The number of aromatic hydroxyl groups is 1. The number of aryl methyl sites for hydroxylation is 1. The van der Waals surface area contributed by atoms with Gasteiger partial charge in [0.1, 0.15) is 11.5 Å². The number of phenols is 1. The molecule has 26 heavy (non-hydrogen) atoms. The molecule has 0 spiro atoms. The molecule has 2 aromatic rings. The van der Waals surface area contributed by atoms with Crippen LogP contribution in [0.15, 0.2) is 30.3 Å². The molecule has 0 amide bonds. The number of hydrogen-bond donors (Lipinski definition) is 1. The number of halogens is 1. The Hall–Kier alpha value is -2.40. The average Bonchev–Trinajstić information content (AvgIpc) is 2.51. The summed E-state index contributed by atoms with van der Waals surface area (Å²) >= 11 is 6.13. The van der Waals surface area contributed by atoms with Crippen molar-refractivity contribution in [1.82, 2.24) is 0 Å². The Morgan fingerprint density at radius 3 is 2.31 bits per heavy atom. The summed E-state index contributed by atoms with van der Waals surface area (Å²) in [6, 6.07) is 7.72. The summed E-state index contributed by atoms with van der Waals surface area (Å²) in [4.78, 5) is 12.2. The first-order chi connectivity index (χ1) is 12.2. The summed E-state index contributed by atoms with van der Waals surface area (Å²) in [6.45, 7) is 9.15. The Kier molecular flexibility index (Phi) is 6.37. The van der Waals surface area contributed by atoms with Gasteiger partial charge in [-0.15, -0.1) is 0 Å². The zero-order valence-electron chi connectivity index (χ0n) is 15.5. The first-order valence-corrected chi connectivity index (χ1v) is 8.73. The largest absolute Gasteiger partial charge is 0.508 e. The van der Waals surface area contributed by atoms with Gasteiger partial charge in [-0.2, -0.15) is 0 Å². The molecule has 0 aliphatic carbocycles. The third kappa shape index (κ3) is 5.05. The van der Waals surface area contributed by atoms with Crippen molar-refractivity contribution in [3.63, 3.8) is 0 Å². The molecule has 6 heteroatoms. The van der Waals surface area contributed by atoms with Gasteiger partial charge >= 0.3 is 5.97 Å². The highest BCUT2D eigenvalue weighted by Crippen LogP contribution is 2.40. The standard InChI is InChI=1S/C20H23ClO5/c1-11(2)24-18-9-14(20(23)25-12(3)4)8-13(5)19(18)26-17-7-6-15(22)10-16(17)21/h6-12,22H,1-5H3.